The molecule has 0 spiro atoms. The number of aromatic hydroxyl groups is 1. The molecule has 112 valence electrons. The highest BCUT2D eigenvalue weighted by Crippen LogP contribution is 2.24. The zero-order valence-electron chi connectivity index (χ0n) is 11.1. The Labute approximate surface area is 131 Å². The maximum Gasteiger partial charge on any atom is 0.246 e. The van der Waals surface area contributed by atoms with Gasteiger partial charge in [-0.15, -0.1) is 0 Å². The van der Waals surface area contributed by atoms with Gasteiger partial charge in [0, 0.05) is 23.6 Å². The normalized spacial score (nSPS) is 11.8. The standard InChI is InChI=1S/C14H13BrFNO3S/c1-17(9-10-4-2-3-5-13(10)18)21(19,20)14-7-6-11(15)8-12(14)16/h2-8,18H,9H2,1H3. The summed E-state index contributed by atoms with van der Waals surface area (Å²) in [6, 6.07) is 10.2. The summed E-state index contributed by atoms with van der Waals surface area (Å²) in [5.41, 5.74) is 0.445. The van der Waals surface area contributed by atoms with Crippen molar-refractivity contribution in [2.24, 2.45) is 0 Å². The van der Waals surface area contributed by atoms with Crippen LogP contribution in [0.15, 0.2) is 51.8 Å². The molecule has 0 saturated heterocycles. The third-order valence-electron chi connectivity index (χ3n) is 2.97. The second-order valence-electron chi connectivity index (χ2n) is 4.46. The van der Waals surface area contributed by atoms with Gasteiger partial charge in [-0.3, -0.25) is 0 Å². The number of hydrogen-bond donors (Lipinski definition) is 1. The number of halogens is 2. The number of hydrogen-bond acceptors (Lipinski definition) is 3. The van der Waals surface area contributed by atoms with E-state index in [1.165, 1.54) is 25.2 Å². The number of rotatable bonds is 4. The summed E-state index contributed by atoms with van der Waals surface area (Å²) in [6.07, 6.45) is 0. The van der Waals surface area contributed by atoms with E-state index in [0.29, 0.717) is 10.0 Å². The summed E-state index contributed by atoms with van der Waals surface area (Å²) in [5.74, 6) is -0.829. The summed E-state index contributed by atoms with van der Waals surface area (Å²) in [5, 5.41) is 9.68. The van der Waals surface area contributed by atoms with Gasteiger partial charge < -0.3 is 5.11 Å². The number of phenolic OH excluding ortho intramolecular Hbond substituents is 1. The van der Waals surface area contributed by atoms with Crippen LogP contribution in [0.3, 0.4) is 0 Å². The fourth-order valence-electron chi connectivity index (χ4n) is 1.82. The number of phenols is 1. The van der Waals surface area contributed by atoms with E-state index in [9.17, 15) is 17.9 Å². The van der Waals surface area contributed by atoms with Crippen LogP contribution in [-0.4, -0.2) is 24.9 Å². The highest BCUT2D eigenvalue weighted by atomic mass is 79.9. The lowest BCUT2D eigenvalue weighted by molar-refractivity contribution is 0.433. The first-order valence-corrected chi connectivity index (χ1v) is 8.24. The predicted octanol–water partition coefficient (Wildman–Crippen LogP) is 3.11. The van der Waals surface area contributed by atoms with E-state index in [1.807, 2.05) is 0 Å². The molecule has 7 heteroatoms. The number of para-hydroxylation sites is 1. The average Bonchev–Trinajstić information content (AvgIpc) is 2.40. The van der Waals surface area contributed by atoms with Crippen LogP contribution in [0, 0.1) is 5.82 Å². The largest absolute Gasteiger partial charge is 0.508 e. The van der Waals surface area contributed by atoms with Crippen molar-refractivity contribution in [2.45, 2.75) is 11.4 Å². The Hall–Kier alpha value is -1.44. The van der Waals surface area contributed by atoms with E-state index in [0.717, 1.165) is 10.4 Å². The lowest BCUT2D eigenvalue weighted by Crippen LogP contribution is -2.27. The minimum absolute atomic E-state index is 0.00386. The van der Waals surface area contributed by atoms with Crippen LogP contribution >= 0.6 is 15.9 Å². The number of benzene rings is 2. The Morgan fingerprint density at radius 3 is 2.52 bits per heavy atom. The van der Waals surface area contributed by atoms with Gasteiger partial charge in [0.2, 0.25) is 10.0 Å². The Kier molecular flexibility index (Phi) is 4.65. The molecule has 0 aliphatic carbocycles. The quantitative estimate of drug-likeness (QED) is 0.895. The van der Waals surface area contributed by atoms with Gasteiger partial charge >= 0.3 is 0 Å². The van der Waals surface area contributed by atoms with Crippen molar-refractivity contribution in [2.75, 3.05) is 7.05 Å². The molecule has 0 aromatic heterocycles. The van der Waals surface area contributed by atoms with Crippen molar-refractivity contribution < 1.29 is 17.9 Å². The van der Waals surface area contributed by atoms with Gasteiger partial charge in [-0.25, -0.2) is 12.8 Å². The average molecular weight is 374 g/mol. The Bertz CT molecular complexity index is 765. The molecule has 2 aromatic rings. The van der Waals surface area contributed by atoms with Gasteiger partial charge in [0.25, 0.3) is 0 Å². The van der Waals surface area contributed by atoms with Gasteiger partial charge in [0.15, 0.2) is 0 Å². The van der Waals surface area contributed by atoms with Gasteiger partial charge in [-0.05, 0) is 24.3 Å². The summed E-state index contributed by atoms with van der Waals surface area (Å²) in [4.78, 5) is -0.399. The minimum Gasteiger partial charge on any atom is -0.508 e. The first-order valence-electron chi connectivity index (χ1n) is 6.00. The van der Waals surface area contributed by atoms with Crippen LogP contribution in [-0.2, 0) is 16.6 Å². The van der Waals surface area contributed by atoms with Gasteiger partial charge in [-0.2, -0.15) is 4.31 Å². The third kappa shape index (κ3) is 3.42. The van der Waals surface area contributed by atoms with Gasteiger partial charge in [0.05, 0.1) is 0 Å². The Balaban J connectivity index is 2.33. The maximum absolute atomic E-state index is 13.8. The van der Waals surface area contributed by atoms with Crippen molar-refractivity contribution in [3.8, 4) is 5.75 Å². The molecule has 2 aromatic carbocycles. The van der Waals surface area contributed by atoms with Crippen molar-refractivity contribution in [1.29, 1.82) is 0 Å². The lowest BCUT2D eigenvalue weighted by Gasteiger charge is -2.18. The molecule has 21 heavy (non-hydrogen) atoms. The van der Waals surface area contributed by atoms with Crippen LogP contribution in [0.2, 0.25) is 0 Å². The van der Waals surface area contributed by atoms with Crippen molar-refractivity contribution in [3.63, 3.8) is 0 Å². The molecule has 0 heterocycles. The molecular weight excluding hydrogens is 361 g/mol. The van der Waals surface area contributed by atoms with E-state index in [1.54, 1.807) is 18.2 Å². The number of nitrogens with zero attached hydrogens (tertiary/aromatic N) is 1. The minimum atomic E-state index is -3.97. The first kappa shape index (κ1) is 15.9. The lowest BCUT2D eigenvalue weighted by atomic mass is 10.2. The van der Waals surface area contributed by atoms with Crippen LogP contribution < -0.4 is 0 Å². The van der Waals surface area contributed by atoms with Crippen molar-refractivity contribution >= 4 is 26.0 Å². The second-order valence-corrected chi connectivity index (χ2v) is 7.39. The molecule has 0 unspecified atom stereocenters. The van der Waals surface area contributed by atoms with Crippen molar-refractivity contribution in [3.05, 3.63) is 58.3 Å². The van der Waals surface area contributed by atoms with Crippen LogP contribution in [0.5, 0.6) is 5.75 Å². The predicted molar refractivity (Wildman–Crippen MR) is 80.9 cm³/mol. The molecule has 1 N–H and O–H groups in total. The second kappa shape index (κ2) is 6.13. The van der Waals surface area contributed by atoms with E-state index in [-0.39, 0.29) is 12.3 Å². The summed E-state index contributed by atoms with van der Waals surface area (Å²) < 4.78 is 40.0. The third-order valence-corrected chi connectivity index (χ3v) is 5.30. The monoisotopic (exact) mass is 373 g/mol. The Morgan fingerprint density at radius 1 is 1.24 bits per heavy atom. The summed E-state index contributed by atoms with van der Waals surface area (Å²) in [6.45, 7) is -0.0511. The summed E-state index contributed by atoms with van der Waals surface area (Å²) in [7, 11) is -2.64. The maximum atomic E-state index is 13.8. The fraction of sp³-hybridized carbons (Fsp3) is 0.143. The molecule has 0 aliphatic rings. The van der Waals surface area contributed by atoms with E-state index in [2.05, 4.69) is 15.9 Å². The fourth-order valence-corrected chi connectivity index (χ4v) is 3.35. The topological polar surface area (TPSA) is 57.6 Å². The smallest absolute Gasteiger partial charge is 0.246 e. The van der Waals surface area contributed by atoms with Crippen LogP contribution in [0.4, 0.5) is 4.39 Å². The molecule has 0 atom stereocenters. The zero-order valence-corrected chi connectivity index (χ0v) is 13.5. The van der Waals surface area contributed by atoms with Crippen LogP contribution in [0.25, 0.3) is 0 Å². The highest BCUT2D eigenvalue weighted by Gasteiger charge is 2.25. The Morgan fingerprint density at radius 2 is 1.90 bits per heavy atom. The molecular formula is C14H13BrFNO3S. The van der Waals surface area contributed by atoms with Gasteiger partial charge in [-0.1, -0.05) is 34.1 Å². The van der Waals surface area contributed by atoms with Crippen molar-refractivity contribution in [1.82, 2.24) is 4.31 Å². The molecule has 0 aliphatic heterocycles. The molecule has 0 fully saturated rings. The number of sulfonamides is 1. The van der Waals surface area contributed by atoms with Crippen LogP contribution in [0.1, 0.15) is 5.56 Å². The molecule has 0 bridgehead atoms. The SMILES string of the molecule is CN(Cc1ccccc1O)S(=O)(=O)c1ccc(Br)cc1F. The molecule has 4 nitrogen and oxygen atoms in total. The summed E-state index contributed by atoms with van der Waals surface area (Å²) >= 11 is 3.08. The zero-order chi connectivity index (χ0) is 15.6. The first-order chi connectivity index (χ1) is 9.82. The van der Waals surface area contributed by atoms with E-state index < -0.39 is 20.7 Å². The molecule has 2 rings (SSSR count). The molecule has 0 saturated carbocycles. The van der Waals surface area contributed by atoms with E-state index >= 15 is 0 Å². The molecule has 0 amide bonds. The highest BCUT2D eigenvalue weighted by molar-refractivity contribution is 9.10. The molecule has 0 radical (unpaired) electrons. The van der Waals surface area contributed by atoms with E-state index in [4.69, 9.17) is 0 Å². The van der Waals surface area contributed by atoms with Gasteiger partial charge in [0.1, 0.15) is 16.5 Å².